The summed E-state index contributed by atoms with van der Waals surface area (Å²) in [5, 5.41) is 10.5. The number of nitrogens with zero attached hydrogens (tertiary/aromatic N) is 3. The Labute approximate surface area is 185 Å². The smallest absolute Gasteiger partial charge is 0.238 e. The number of aryl methyl sites for hydroxylation is 2. The highest BCUT2D eigenvalue weighted by Gasteiger charge is 2.18. The molecule has 2 amide bonds. The van der Waals surface area contributed by atoms with Gasteiger partial charge in [-0.1, -0.05) is 13.3 Å². The molecule has 1 aromatic heterocycles. The van der Waals surface area contributed by atoms with Crippen molar-refractivity contribution in [3.63, 3.8) is 0 Å². The Morgan fingerprint density at radius 1 is 1.06 bits per heavy atom. The lowest BCUT2D eigenvalue weighted by molar-refractivity contribution is -0.120. The number of hydrogen-bond acceptors (Lipinski definition) is 4. The molecule has 0 bridgehead atoms. The SMILES string of the molecule is Cc1cc(NC(=O)C(C)Cn2nc(C)c(C)c2C)ccc1NC(=O)CN1CCCCC1. The van der Waals surface area contributed by atoms with Crippen LogP contribution in [0, 0.1) is 33.6 Å². The summed E-state index contributed by atoms with van der Waals surface area (Å²) in [6, 6.07) is 5.59. The van der Waals surface area contributed by atoms with Crippen molar-refractivity contribution in [1.29, 1.82) is 0 Å². The predicted octanol–water partition coefficient (Wildman–Crippen LogP) is 3.82. The van der Waals surface area contributed by atoms with Crippen molar-refractivity contribution in [2.75, 3.05) is 30.3 Å². The Morgan fingerprint density at radius 3 is 2.39 bits per heavy atom. The summed E-state index contributed by atoms with van der Waals surface area (Å²) in [6.45, 7) is 12.9. The van der Waals surface area contributed by atoms with Gasteiger partial charge in [0, 0.05) is 17.1 Å². The molecule has 168 valence electrons. The Kier molecular flexibility index (Phi) is 7.49. The summed E-state index contributed by atoms with van der Waals surface area (Å²) < 4.78 is 1.90. The van der Waals surface area contributed by atoms with Crippen LogP contribution in [0.15, 0.2) is 18.2 Å². The van der Waals surface area contributed by atoms with Gasteiger partial charge >= 0.3 is 0 Å². The second-order valence-corrected chi connectivity index (χ2v) is 8.78. The summed E-state index contributed by atoms with van der Waals surface area (Å²) in [5.41, 5.74) is 5.70. The molecule has 3 rings (SSSR count). The van der Waals surface area contributed by atoms with Gasteiger partial charge in [-0.25, -0.2) is 0 Å². The zero-order valence-electron chi connectivity index (χ0n) is 19.4. The maximum Gasteiger partial charge on any atom is 0.238 e. The van der Waals surface area contributed by atoms with E-state index in [1.807, 2.05) is 50.6 Å². The minimum Gasteiger partial charge on any atom is -0.326 e. The van der Waals surface area contributed by atoms with Gasteiger partial charge in [0.25, 0.3) is 0 Å². The van der Waals surface area contributed by atoms with Crippen molar-refractivity contribution in [2.45, 2.75) is 60.4 Å². The van der Waals surface area contributed by atoms with E-state index in [4.69, 9.17) is 0 Å². The molecule has 1 atom stereocenters. The van der Waals surface area contributed by atoms with Crippen LogP contribution in [0.3, 0.4) is 0 Å². The third-order valence-corrected chi connectivity index (χ3v) is 6.22. The van der Waals surface area contributed by atoms with E-state index in [1.165, 1.54) is 12.0 Å². The molecule has 7 nitrogen and oxygen atoms in total. The van der Waals surface area contributed by atoms with Gasteiger partial charge in [-0.3, -0.25) is 19.2 Å². The first kappa shape index (κ1) is 23.0. The number of rotatable bonds is 7. The minimum atomic E-state index is -0.221. The quantitative estimate of drug-likeness (QED) is 0.707. The summed E-state index contributed by atoms with van der Waals surface area (Å²) in [4.78, 5) is 27.3. The maximum atomic E-state index is 12.7. The Morgan fingerprint density at radius 2 is 1.77 bits per heavy atom. The normalized spacial score (nSPS) is 15.5. The average Bonchev–Trinajstić information content (AvgIpc) is 2.97. The number of aromatic nitrogens is 2. The van der Waals surface area contributed by atoms with Crippen LogP contribution < -0.4 is 10.6 Å². The molecule has 1 saturated heterocycles. The molecule has 0 saturated carbocycles. The summed E-state index contributed by atoms with van der Waals surface area (Å²) in [7, 11) is 0. The topological polar surface area (TPSA) is 79.3 Å². The number of nitrogens with one attached hydrogen (secondary N) is 2. The lowest BCUT2D eigenvalue weighted by Crippen LogP contribution is -2.36. The molecule has 7 heteroatoms. The molecule has 0 aliphatic carbocycles. The van der Waals surface area contributed by atoms with Crippen LogP contribution in [0.25, 0.3) is 0 Å². The predicted molar refractivity (Wildman–Crippen MR) is 124 cm³/mol. The molecule has 31 heavy (non-hydrogen) atoms. The number of piperidine rings is 1. The fourth-order valence-electron chi connectivity index (χ4n) is 3.96. The van der Waals surface area contributed by atoms with Crippen molar-refractivity contribution >= 4 is 23.2 Å². The molecule has 1 unspecified atom stereocenters. The van der Waals surface area contributed by atoms with E-state index < -0.39 is 0 Å². The molecule has 2 heterocycles. The Balaban J connectivity index is 1.55. The Bertz CT molecular complexity index is 944. The van der Waals surface area contributed by atoms with E-state index in [0.29, 0.717) is 13.1 Å². The second kappa shape index (κ2) is 10.1. The van der Waals surface area contributed by atoms with Crippen LogP contribution in [0.4, 0.5) is 11.4 Å². The van der Waals surface area contributed by atoms with Crippen molar-refractivity contribution in [3.05, 3.63) is 40.7 Å². The van der Waals surface area contributed by atoms with E-state index in [0.717, 1.165) is 54.3 Å². The van der Waals surface area contributed by atoms with E-state index in [2.05, 4.69) is 27.6 Å². The third-order valence-electron chi connectivity index (χ3n) is 6.22. The van der Waals surface area contributed by atoms with E-state index >= 15 is 0 Å². The molecule has 1 aliphatic heterocycles. The number of carbonyl (C=O) groups is 2. The van der Waals surface area contributed by atoms with Crippen LogP contribution in [0.1, 0.15) is 48.7 Å². The van der Waals surface area contributed by atoms with Crippen LogP contribution in [-0.4, -0.2) is 46.1 Å². The lowest BCUT2D eigenvalue weighted by atomic mass is 10.1. The molecule has 1 aromatic carbocycles. The van der Waals surface area contributed by atoms with Crippen LogP contribution in [0.5, 0.6) is 0 Å². The van der Waals surface area contributed by atoms with Gasteiger partial charge in [0.05, 0.1) is 24.7 Å². The zero-order chi connectivity index (χ0) is 22.5. The number of anilines is 2. The monoisotopic (exact) mass is 425 g/mol. The standard InChI is InChI=1S/C24H35N5O2/c1-16-13-21(9-10-22(16)26-23(30)15-28-11-7-6-8-12-28)25-24(31)17(2)14-29-20(5)18(3)19(4)27-29/h9-10,13,17H,6-8,11-12,14-15H2,1-5H3,(H,25,31)(H,26,30). The number of hydrogen-bond donors (Lipinski definition) is 2. The minimum absolute atomic E-state index is 0.00980. The zero-order valence-corrected chi connectivity index (χ0v) is 19.4. The molecule has 1 fully saturated rings. The number of likely N-dealkylation sites (tertiary alicyclic amines) is 1. The molecular formula is C24H35N5O2. The highest BCUT2D eigenvalue weighted by atomic mass is 16.2. The third kappa shape index (κ3) is 5.94. The van der Waals surface area contributed by atoms with Gasteiger partial charge in [0.1, 0.15) is 0 Å². The van der Waals surface area contributed by atoms with E-state index in [-0.39, 0.29) is 17.7 Å². The summed E-state index contributed by atoms with van der Waals surface area (Å²) in [6.07, 6.45) is 3.58. The fourth-order valence-corrected chi connectivity index (χ4v) is 3.96. The Hall–Kier alpha value is -2.67. The summed E-state index contributed by atoms with van der Waals surface area (Å²) >= 11 is 0. The van der Waals surface area contributed by atoms with Crippen molar-refractivity contribution in [3.8, 4) is 0 Å². The van der Waals surface area contributed by atoms with Gasteiger partial charge < -0.3 is 10.6 Å². The van der Waals surface area contributed by atoms with E-state index in [1.54, 1.807) is 0 Å². The van der Waals surface area contributed by atoms with Gasteiger partial charge in [-0.2, -0.15) is 5.10 Å². The van der Waals surface area contributed by atoms with Gasteiger partial charge in [-0.05, 0) is 83.0 Å². The molecule has 0 spiro atoms. The average molecular weight is 426 g/mol. The number of benzene rings is 1. The first-order valence-electron chi connectivity index (χ1n) is 11.2. The second-order valence-electron chi connectivity index (χ2n) is 8.78. The number of carbonyl (C=O) groups excluding carboxylic acids is 2. The molecule has 2 aromatic rings. The molecule has 1 aliphatic rings. The van der Waals surface area contributed by atoms with E-state index in [9.17, 15) is 9.59 Å². The van der Waals surface area contributed by atoms with Crippen LogP contribution in [-0.2, 0) is 16.1 Å². The molecular weight excluding hydrogens is 390 g/mol. The molecule has 0 radical (unpaired) electrons. The first-order chi connectivity index (χ1) is 14.7. The van der Waals surface area contributed by atoms with Crippen molar-refractivity contribution < 1.29 is 9.59 Å². The fraction of sp³-hybridized carbons (Fsp3) is 0.542. The largest absolute Gasteiger partial charge is 0.326 e. The lowest BCUT2D eigenvalue weighted by Gasteiger charge is -2.25. The van der Waals surface area contributed by atoms with Crippen molar-refractivity contribution in [1.82, 2.24) is 14.7 Å². The first-order valence-corrected chi connectivity index (χ1v) is 11.2. The van der Waals surface area contributed by atoms with Gasteiger partial charge in [-0.15, -0.1) is 0 Å². The molecule has 2 N–H and O–H groups in total. The van der Waals surface area contributed by atoms with Gasteiger partial charge in [0.2, 0.25) is 11.8 Å². The van der Waals surface area contributed by atoms with Crippen LogP contribution in [0.2, 0.25) is 0 Å². The van der Waals surface area contributed by atoms with Crippen LogP contribution >= 0.6 is 0 Å². The highest BCUT2D eigenvalue weighted by molar-refractivity contribution is 5.95. The van der Waals surface area contributed by atoms with Crippen molar-refractivity contribution in [2.24, 2.45) is 5.92 Å². The highest BCUT2D eigenvalue weighted by Crippen LogP contribution is 2.21. The summed E-state index contributed by atoms with van der Waals surface area (Å²) in [5.74, 6) is -0.260. The maximum absolute atomic E-state index is 12.7. The van der Waals surface area contributed by atoms with Gasteiger partial charge in [0.15, 0.2) is 0 Å². The number of amides is 2.